The number of carbonyl (C=O) groups is 1. The number of aryl methyl sites for hydroxylation is 2. The van der Waals surface area contributed by atoms with Crippen molar-refractivity contribution in [2.75, 3.05) is 17.3 Å². The lowest BCUT2D eigenvalue weighted by atomic mass is 9.88. The average Bonchev–Trinajstić information content (AvgIpc) is 2.66. The van der Waals surface area contributed by atoms with Gasteiger partial charge in [0, 0.05) is 29.5 Å². The third kappa shape index (κ3) is 3.99. The number of amides is 1. The van der Waals surface area contributed by atoms with E-state index in [2.05, 4.69) is 25.2 Å². The molecule has 3 rings (SSSR count). The van der Waals surface area contributed by atoms with Crippen LogP contribution in [0.25, 0.3) is 11.6 Å². The highest BCUT2D eigenvalue weighted by molar-refractivity contribution is 6.10. The minimum absolute atomic E-state index is 0.153. The van der Waals surface area contributed by atoms with Crippen LogP contribution in [0.2, 0.25) is 0 Å². The molecular formula is C25H26FN3O. The number of nitrogens with zero attached hydrogens (tertiary/aromatic N) is 2. The monoisotopic (exact) mass is 403 g/mol. The topological polar surface area (TPSA) is 56.1 Å². The molecule has 0 atom stereocenters. The third-order valence-corrected chi connectivity index (χ3v) is 5.63. The Bertz CT molecular complexity index is 1140. The summed E-state index contributed by atoms with van der Waals surface area (Å²) in [6.07, 6.45) is 3.43. The van der Waals surface area contributed by atoms with Gasteiger partial charge in [-0.15, -0.1) is 0 Å². The second kappa shape index (κ2) is 7.79. The van der Waals surface area contributed by atoms with Crippen molar-refractivity contribution in [3.63, 3.8) is 0 Å². The zero-order valence-corrected chi connectivity index (χ0v) is 18.2. The molecule has 0 bridgehead atoms. The number of rotatable bonds is 3. The van der Waals surface area contributed by atoms with Crippen LogP contribution in [-0.2, 0) is 4.79 Å². The van der Waals surface area contributed by atoms with Crippen molar-refractivity contribution in [3.8, 4) is 6.07 Å². The Kier molecular flexibility index (Phi) is 5.54. The van der Waals surface area contributed by atoms with Gasteiger partial charge in [0.1, 0.15) is 17.5 Å². The highest BCUT2D eigenvalue weighted by atomic mass is 19.1. The number of hydrogen-bond acceptors (Lipinski definition) is 3. The van der Waals surface area contributed by atoms with Crippen molar-refractivity contribution in [2.45, 2.75) is 40.2 Å². The van der Waals surface area contributed by atoms with Gasteiger partial charge in [-0.1, -0.05) is 23.8 Å². The maximum atomic E-state index is 14.9. The number of nitrogens with one attached hydrogen (secondary N) is 1. The van der Waals surface area contributed by atoms with Crippen LogP contribution in [0.15, 0.2) is 42.0 Å². The lowest BCUT2D eigenvalue weighted by Gasteiger charge is -2.40. The van der Waals surface area contributed by atoms with E-state index in [0.29, 0.717) is 5.69 Å². The van der Waals surface area contributed by atoms with Crippen LogP contribution in [0.3, 0.4) is 0 Å². The summed E-state index contributed by atoms with van der Waals surface area (Å²) in [4.78, 5) is 14.7. The normalized spacial score (nSPS) is 15.2. The van der Waals surface area contributed by atoms with Gasteiger partial charge in [-0.3, -0.25) is 4.79 Å². The van der Waals surface area contributed by atoms with Gasteiger partial charge in [-0.2, -0.15) is 5.26 Å². The number of nitriles is 1. The smallest absolute Gasteiger partial charge is 0.266 e. The molecule has 0 aliphatic carbocycles. The predicted molar refractivity (Wildman–Crippen MR) is 121 cm³/mol. The first kappa shape index (κ1) is 21.3. The molecule has 5 heteroatoms. The van der Waals surface area contributed by atoms with Crippen molar-refractivity contribution < 1.29 is 9.18 Å². The summed E-state index contributed by atoms with van der Waals surface area (Å²) >= 11 is 0. The highest BCUT2D eigenvalue weighted by Gasteiger charge is 2.29. The Hall–Kier alpha value is -3.39. The molecule has 0 saturated heterocycles. The van der Waals surface area contributed by atoms with E-state index < -0.39 is 11.7 Å². The van der Waals surface area contributed by atoms with E-state index in [1.54, 1.807) is 12.1 Å². The minimum Gasteiger partial charge on any atom is -0.365 e. The van der Waals surface area contributed by atoms with Gasteiger partial charge in [0.2, 0.25) is 0 Å². The van der Waals surface area contributed by atoms with Crippen molar-refractivity contribution in [2.24, 2.45) is 0 Å². The molecule has 30 heavy (non-hydrogen) atoms. The quantitative estimate of drug-likeness (QED) is 0.534. The first-order chi connectivity index (χ1) is 14.0. The Morgan fingerprint density at radius 2 is 1.90 bits per heavy atom. The Labute approximate surface area is 177 Å². The number of fused-ring (bicyclic) bond motifs is 1. The molecule has 0 spiro atoms. The SMILES string of the molecule is CC1=CC(C)(C)N(C)c2cc(F)c(/C=C(\C#N)C(=O)Nc3ccc(C)cc3C)cc21. The van der Waals surface area contributed by atoms with Gasteiger partial charge in [0.25, 0.3) is 5.91 Å². The molecule has 0 fully saturated rings. The zero-order chi connectivity index (χ0) is 22.2. The molecule has 1 aliphatic rings. The lowest BCUT2D eigenvalue weighted by molar-refractivity contribution is -0.112. The Morgan fingerprint density at radius 3 is 2.53 bits per heavy atom. The average molecular weight is 404 g/mol. The van der Waals surface area contributed by atoms with E-state index in [-0.39, 0.29) is 16.7 Å². The van der Waals surface area contributed by atoms with Crippen molar-refractivity contribution >= 4 is 28.9 Å². The van der Waals surface area contributed by atoms with Crippen molar-refractivity contribution in [3.05, 3.63) is 70.1 Å². The zero-order valence-electron chi connectivity index (χ0n) is 18.2. The van der Waals surface area contributed by atoms with Crippen molar-refractivity contribution in [1.82, 2.24) is 0 Å². The van der Waals surface area contributed by atoms with Crippen LogP contribution in [0, 0.1) is 31.0 Å². The predicted octanol–water partition coefficient (Wildman–Crippen LogP) is 5.62. The summed E-state index contributed by atoms with van der Waals surface area (Å²) in [5.41, 5.74) is 5.12. The highest BCUT2D eigenvalue weighted by Crippen LogP contribution is 2.39. The summed E-state index contributed by atoms with van der Waals surface area (Å²) in [6.45, 7) is 9.96. The fourth-order valence-electron chi connectivity index (χ4n) is 3.75. The number of allylic oxidation sites excluding steroid dienone is 1. The van der Waals surface area contributed by atoms with Crippen LogP contribution in [0.1, 0.15) is 43.0 Å². The second-order valence-electron chi connectivity index (χ2n) is 8.37. The van der Waals surface area contributed by atoms with Gasteiger partial charge in [0.15, 0.2) is 0 Å². The Morgan fingerprint density at radius 1 is 1.20 bits per heavy atom. The summed E-state index contributed by atoms with van der Waals surface area (Å²) in [5, 5.41) is 12.3. The molecule has 1 amide bonds. The Balaban J connectivity index is 1.98. The molecule has 1 N–H and O–H groups in total. The van der Waals surface area contributed by atoms with Crippen LogP contribution in [0.5, 0.6) is 0 Å². The fourth-order valence-corrected chi connectivity index (χ4v) is 3.75. The molecule has 154 valence electrons. The van der Waals surface area contributed by atoms with Crippen LogP contribution in [-0.4, -0.2) is 18.5 Å². The van der Waals surface area contributed by atoms with Crippen LogP contribution in [0.4, 0.5) is 15.8 Å². The van der Waals surface area contributed by atoms with Crippen molar-refractivity contribution in [1.29, 1.82) is 5.26 Å². The number of hydrogen-bond donors (Lipinski definition) is 1. The summed E-state index contributed by atoms with van der Waals surface area (Å²) in [6, 6.07) is 10.7. The third-order valence-electron chi connectivity index (χ3n) is 5.63. The maximum Gasteiger partial charge on any atom is 0.266 e. The standard InChI is InChI=1S/C25H26FN3O/c1-15-7-8-22(16(2)9-15)28-24(30)19(14-27)10-18-11-20-17(3)13-25(4,5)29(6)23(20)12-21(18)26/h7-13H,1-6H3,(H,28,30)/b19-10+. The van der Waals surface area contributed by atoms with E-state index in [1.807, 2.05) is 50.9 Å². The molecule has 0 radical (unpaired) electrons. The van der Waals surface area contributed by atoms with Gasteiger partial charge >= 0.3 is 0 Å². The molecule has 0 unspecified atom stereocenters. The molecule has 0 aromatic heterocycles. The first-order valence-corrected chi connectivity index (χ1v) is 9.81. The molecule has 4 nitrogen and oxygen atoms in total. The molecule has 0 saturated carbocycles. The van der Waals surface area contributed by atoms with E-state index in [9.17, 15) is 14.4 Å². The van der Waals surface area contributed by atoms with E-state index in [4.69, 9.17) is 0 Å². The maximum absolute atomic E-state index is 14.9. The van der Waals surface area contributed by atoms with E-state index in [1.165, 1.54) is 12.1 Å². The first-order valence-electron chi connectivity index (χ1n) is 9.81. The number of anilines is 2. The molecule has 2 aromatic rings. The molecular weight excluding hydrogens is 377 g/mol. The van der Waals surface area contributed by atoms with Crippen LogP contribution >= 0.6 is 0 Å². The molecule has 1 heterocycles. The molecule has 2 aromatic carbocycles. The van der Waals surface area contributed by atoms with Gasteiger partial charge in [0.05, 0.1) is 5.54 Å². The lowest BCUT2D eigenvalue weighted by Crippen LogP contribution is -2.42. The van der Waals surface area contributed by atoms with E-state index >= 15 is 0 Å². The molecule has 1 aliphatic heterocycles. The fraction of sp³-hybridized carbons (Fsp3) is 0.280. The largest absolute Gasteiger partial charge is 0.365 e. The number of halogens is 1. The second-order valence-corrected chi connectivity index (χ2v) is 8.37. The van der Waals surface area contributed by atoms with Gasteiger partial charge < -0.3 is 10.2 Å². The summed E-state index contributed by atoms with van der Waals surface area (Å²) in [5.74, 6) is -1.04. The summed E-state index contributed by atoms with van der Waals surface area (Å²) < 4.78 is 14.9. The minimum atomic E-state index is -0.563. The van der Waals surface area contributed by atoms with Crippen LogP contribution < -0.4 is 10.2 Å². The number of carbonyl (C=O) groups excluding carboxylic acids is 1. The number of benzene rings is 2. The van der Waals surface area contributed by atoms with Gasteiger partial charge in [-0.05, 0) is 70.0 Å². The van der Waals surface area contributed by atoms with Gasteiger partial charge in [-0.25, -0.2) is 4.39 Å². The number of likely N-dealkylation sites (N-methyl/N-ethyl adjacent to an activating group) is 1. The van der Waals surface area contributed by atoms with E-state index in [0.717, 1.165) is 28.0 Å². The summed E-state index contributed by atoms with van der Waals surface area (Å²) in [7, 11) is 1.93.